The van der Waals surface area contributed by atoms with Gasteiger partial charge in [-0.05, 0) is 68.9 Å². The molecule has 0 amide bonds. The molecule has 0 unspecified atom stereocenters. The summed E-state index contributed by atoms with van der Waals surface area (Å²) in [7, 11) is 0. The number of fused-ring (bicyclic) bond motifs is 7. The van der Waals surface area contributed by atoms with Gasteiger partial charge in [0.15, 0.2) is 0 Å². The maximum atomic E-state index is 3.81. The maximum absolute atomic E-state index is 3.81. The van der Waals surface area contributed by atoms with Crippen LogP contribution >= 0.6 is 15.9 Å². The normalized spacial score (nSPS) is 12.5. The van der Waals surface area contributed by atoms with Crippen molar-refractivity contribution in [2.45, 2.75) is 6.42 Å². The second-order valence-electron chi connectivity index (χ2n) is 7.13. The monoisotopic (exact) mass is 409 g/mol. The van der Waals surface area contributed by atoms with Crippen LogP contribution < -0.4 is 0 Å². The summed E-state index contributed by atoms with van der Waals surface area (Å²) in [6.45, 7) is 0. The third-order valence-electron chi connectivity index (χ3n) is 5.70. The van der Waals surface area contributed by atoms with Gasteiger partial charge in [-0.2, -0.15) is 0 Å². The van der Waals surface area contributed by atoms with Crippen molar-refractivity contribution in [1.29, 1.82) is 0 Å². The van der Waals surface area contributed by atoms with Crippen LogP contribution in [0, 0.1) is 0 Å². The van der Waals surface area contributed by atoms with E-state index in [0.29, 0.717) is 0 Å². The summed E-state index contributed by atoms with van der Waals surface area (Å²) < 4.78 is 3.52. The zero-order valence-corrected chi connectivity index (χ0v) is 16.2. The van der Waals surface area contributed by atoms with E-state index in [0.717, 1.165) is 10.9 Å². The van der Waals surface area contributed by atoms with Crippen LogP contribution in [0.2, 0.25) is 0 Å². The van der Waals surface area contributed by atoms with Gasteiger partial charge in [-0.15, -0.1) is 0 Å². The Morgan fingerprint density at radius 2 is 1.52 bits per heavy atom. The minimum Gasteiger partial charge on any atom is -0.308 e. The van der Waals surface area contributed by atoms with Crippen LogP contribution in [0.15, 0.2) is 89.4 Å². The number of aromatic nitrogens is 1. The number of hydrogen-bond acceptors (Lipinski definition) is 0. The molecule has 2 heteroatoms. The lowest BCUT2D eigenvalue weighted by Gasteiger charge is -2.09. The van der Waals surface area contributed by atoms with Crippen LogP contribution in [0.3, 0.4) is 0 Å². The van der Waals surface area contributed by atoms with Crippen molar-refractivity contribution < 1.29 is 0 Å². The first-order valence-electron chi connectivity index (χ1n) is 9.21. The van der Waals surface area contributed by atoms with Crippen LogP contribution in [0.4, 0.5) is 0 Å². The van der Waals surface area contributed by atoms with E-state index in [2.05, 4.69) is 105 Å². The lowest BCUT2D eigenvalue weighted by Crippen LogP contribution is -1.94. The summed E-state index contributed by atoms with van der Waals surface area (Å²) in [6, 6.07) is 30.6. The first kappa shape index (κ1) is 15.2. The smallest absolute Gasteiger partial charge is 0.0683 e. The number of para-hydroxylation sites is 2. The molecule has 4 aromatic carbocycles. The van der Waals surface area contributed by atoms with Gasteiger partial charge < -0.3 is 4.57 Å². The SMILES string of the molecule is Brc1cccc2c3c4c(ccc3n(-c3ccccc3)c12)-c1ccccc1C4. The van der Waals surface area contributed by atoms with E-state index >= 15 is 0 Å². The number of nitrogens with zero attached hydrogens (tertiary/aromatic N) is 1. The topological polar surface area (TPSA) is 4.93 Å². The Hall–Kier alpha value is -2.84. The lowest BCUT2D eigenvalue weighted by molar-refractivity contribution is 1.17. The zero-order chi connectivity index (χ0) is 18.0. The molecule has 0 radical (unpaired) electrons. The largest absolute Gasteiger partial charge is 0.308 e. The molecule has 1 aromatic heterocycles. The predicted molar refractivity (Wildman–Crippen MR) is 117 cm³/mol. The Labute approximate surface area is 166 Å². The number of benzene rings is 4. The molecule has 0 spiro atoms. The standard InChI is InChI=1S/C25H16BrN/c26-22-12-6-11-20-24-21-15-16-7-4-5-10-18(16)19(21)13-14-23(24)27(25(20)22)17-8-2-1-3-9-17/h1-14H,15H2. The van der Waals surface area contributed by atoms with Gasteiger partial charge in [-0.3, -0.25) is 0 Å². The molecule has 0 saturated carbocycles. The second kappa shape index (κ2) is 5.58. The number of rotatable bonds is 1. The quantitative estimate of drug-likeness (QED) is 0.272. The molecule has 0 atom stereocenters. The Balaban J connectivity index is 1.80. The van der Waals surface area contributed by atoms with Crippen LogP contribution in [0.5, 0.6) is 0 Å². The number of hydrogen-bond donors (Lipinski definition) is 0. The van der Waals surface area contributed by atoms with Crippen LogP contribution in [0.1, 0.15) is 11.1 Å². The fourth-order valence-corrected chi connectivity index (χ4v) is 5.14. The first-order valence-corrected chi connectivity index (χ1v) is 10.0. The van der Waals surface area contributed by atoms with E-state index in [-0.39, 0.29) is 0 Å². The van der Waals surface area contributed by atoms with Crippen LogP contribution in [-0.2, 0) is 6.42 Å². The Morgan fingerprint density at radius 1 is 0.704 bits per heavy atom. The van der Waals surface area contributed by atoms with Crippen LogP contribution in [-0.4, -0.2) is 4.57 Å². The van der Waals surface area contributed by atoms with Gasteiger partial charge >= 0.3 is 0 Å². The van der Waals surface area contributed by atoms with Crippen LogP contribution in [0.25, 0.3) is 38.6 Å². The highest BCUT2D eigenvalue weighted by Crippen LogP contribution is 2.45. The second-order valence-corrected chi connectivity index (χ2v) is 7.98. The van der Waals surface area contributed by atoms with Crippen molar-refractivity contribution in [2.75, 3.05) is 0 Å². The third-order valence-corrected chi connectivity index (χ3v) is 6.34. The maximum Gasteiger partial charge on any atom is 0.0683 e. The van der Waals surface area contributed by atoms with Gasteiger partial charge in [0.1, 0.15) is 0 Å². The molecular formula is C25H16BrN. The summed E-state index contributed by atoms with van der Waals surface area (Å²) in [5.41, 5.74) is 9.34. The van der Waals surface area contributed by atoms with Gasteiger partial charge in [0.2, 0.25) is 0 Å². The molecule has 1 nitrogen and oxygen atoms in total. The summed E-state index contributed by atoms with van der Waals surface area (Å²) in [6.07, 6.45) is 1.00. The molecule has 1 aliphatic carbocycles. The van der Waals surface area contributed by atoms with Crippen molar-refractivity contribution in [2.24, 2.45) is 0 Å². The summed E-state index contributed by atoms with van der Waals surface area (Å²) >= 11 is 3.81. The average Bonchev–Trinajstić information content (AvgIpc) is 3.25. The molecule has 0 fully saturated rings. The van der Waals surface area contributed by atoms with Gasteiger partial charge in [0, 0.05) is 20.9 Å². The first-order chi connectivity index (χ1) is 13.3. The highest BCUT2D eigenvalue weighted by atomic mass is 79.9. The van der Waals surface area contributed by atoms with Gasteiger partial charge in [0.05, 0.1) is 11.0 Å². The van der Waals surface area contributed by atoms with Gasteiger partial charge in [0.25, 0.3) is 0 Å². The van der Waals surface area contributed by atoms with E-state index < -0.39 is 0 Å². The van der Waals surface area contributed by atoms with Gasteiger partial charge in [-0.25, -0.2) is 0 Å². The van der Waals surface area contributed by atoms with Crippen molar-refractivity contribution in [3.63, 3.8) is 0 Å². The molecule has 0 bridgehead atoms. The van der Waals surface area contributed by atoms with E-state index in [1.54, 1.807) is 0 Å². The average molecular weight is 410 g/mol. The molecule has 0 aliphatic heterocycles. The Kier molecular flexibility index (Phi) is 3.15. The fraction of sp³-hybridized carbons (Fsp3) is 0.0400. The summed E-state index contributed by atoms with van der Waals surface area (Å²) in [4.78, 5) is 0. The third kappa shape index (κ3) is 2.05. The molecule has 1 aliphatic rings. The van der Waals surface area contributed by atoms with E-state index in [1.807, 2.05) is 0 Å². The minimum atomic E-state index is 1.00. The molecule has 0 N–H and O–H groups in total. The molecule has 1 heterocycles. The Bertz CT molecular complexity index is 1350. The molecule has 27 heavy (non-hydrogen) atoms. The highest BCUT2D eigenvalue weighted by Gasteiger charge is 2.24. The van der Waals surface area contributed by atoms with Crippen molar-refractivity contribution >= 4 is 37.7 Å². The van der Waals surface area contributed by atoms with E-state index in [4.69, 9.17) is 0 Å². The molecule has 5 aromatic rings. The van der Waals surface area contributed by atoms with Crippen molar-refractivity contribution in [3.8, 4) is 16.8 Å². The Morgan fingerprint density at radius 3 is 2.41 bits per heavy atom. The van der Waals surface area contributed by atoms with E-state index in [1.165, 1.54) is 49.7 Å². The molecule has 0 saturated heterocycles. The molecule has 6 rings (SSSR count). The van der Waals surface area contributed by atoms with Gasteiger partial charge in [-0.1, -0.05) is 60.7 Å². The minimum absolute atomic E-state index is 1.00. The summed E-state index contributed by atoms with van der Waals surface area (Å²) in [5, 5.41) is 2.69. The summed E-state index contributed by atoms with van der Waals surface area (Å²) in [5.74, 6) is 0. The predicted octanol–water partition coefficient (Wildman–Crippen LogP) is 7.12. The zero-order valence-electron chi connectivity index (χ0n) is 14.6. The lowest BCUT2D eigenvalue weighted by atomic mass is 10.0. The highest BCUT2D eigenvalue weighted by molar-refractivity contribution is 9.10. The van der Waals surface area contributed by atoms with Crippen molar-refractivity contribution in [1.82, 2.24) is 4.57 Å². The van der Waals surface area contributed by atoms with Crippen molar-refractivity contribution in [3.05, 3.63) is 101 Å². The van der Waals surface area contributed by atoms with E-state index in [9.17, 15) is 0 Å². The molecular weight excluding hydrogens is 394 g/mol. The fourth-order valence-electron chi connectivity index (χ4n) is 4.60. The molecule has 128 valence electrons. The number of halogens is 1.